The highest BCUT2D eigenvalue weighted by atomic mass is 16.5. The highest BCUT2D eigenvalue weighted by molar-refractivity contribution is 5.73. The largest absolute Gasteiger partial charge is 0.490 e. The van der Waals surface area contributed by atoms with Crippen LogP contribution in [0.25, 0.3) is 0 Å². The second-order valence-electron chi connectivity index (χ2n) is 5.78. The Morgan fingerprint density at radius 1 is 1.50 bits per heavy atom. The van der Waals surface area contributed by atoms with Gasteiger partial charge in [0.15, 0.2) is 0 Å². The van der Waals surface area contributed by atoms with Crippen LogP contribution in [0.3, 0.4) is 0 Å². The minimum Gasteiger partial charge on any atom is -0.490 e. The molecule has 2 aromatic rings. The summed E-state index contributed by atoms with van der Waals surface area (Å²) in [5.41, 5.74) is 0.993. The molecule has 0 spiro atoms. The van der Waals surface area contributed by atoms with Crippen LogP contribution >= 0.6 is 0 Å². The zero-order chi connectivity index (χ0) is 17.1. The lowest BCUT2D eigenvalue weighted by Gasteiger charge is -2.33. The first-order chi connectivity index (χ1) is 11.6. The predicted molar refractivity (Wildman–Crippen MR) is 87.6 cm³/mol. The molecule has 0 fully saturated rings. The van der Waals surface area contributed by atoms with Gasteiger partial charge in [0.2, 0.25) is 0 Å². The minimum absolute atomic E-state index is 0.357. The fraction of sp³-hybridized carbons (Fsp3) is 0.353. The summed E-state index contributed by atoms with van der Waals surface area (Å²) in [6.45, 7) is 7.23. The Morgan fingerprint density at radius 3 is 3.08 bits per heavy atom. The Morgan fingerprint density at radius 2 is 2.33 bits per heavy atom. The van der Waals surface area contributed by atoms with Crippen molar-refractivity contribution in [3.8, 4) is 5.75 Å². The molecule has 0 amide bonds. The van der Waals surface area contributed by atoms with Crippen molar-refractivity contribution in [2.75, 3.05) is 6.61 Å². The summed E-state index contributed by atoms with van der Waals surface area (Å²) >= 11 is 0. The van der Waals surface area contributed by atoms with E-state index in [9.17, 15) is 9.90 Å². The number of rotatable bonds is 6. The van der Waals surface area contributed by atoms with Gasteiger partial charge in [-0.3, -0.25) is 9.69 Å². The van der Waals surface area contributed by atoms with Crippen LogP contribution in [-0.4, -0.2) is 43.4 Å². The molecule has 0 saturated carbocycles. The van der Waals surface area contributed by atoms with Gasteiger partial charge in [-0.05, 0) is 24.6 Å². The van der Waals surface area contributed by atoms with Crippen molar-refractivity contribution in [2.45, 2.75) is 32.6 Å². The van der Waals surface area contributed by atoms with Gasteiger partial charge in [0, 0.05) is 6.54 Å². The first kappa shape index (κ1) is 16.2. The maximum atomic E-state index is 11.7. The van der Waals surface area contributed by atoms with E-state index in [4.69, 9.17) is 4.74 Å². The molecular formula is C17H20N4O3. The molecule has 0 bridgehead atoms. The topological polar surface area (TPSA) is 80.5 Å². The number of hydrogen-bond acceptors (Lipinski definition) is 5. The number of benzene rings is 1. The molecule has 7 nitrogen and oxygen atoms in total. The molecular weight excluding hydrogens is 308 g/mol. The van der Waals surface area contributed by atoms with Crippen LogP contribution < -0.4 is 4.74 Å². The third-order valence-electron chi connectivity index (χ3n) is 4.09. The fourth-order valence-corrected chi connectivity index (χ4v) is 2.88. The van der Waals surface area contributed by atoms with E-state index in [-0.39, 0.29) is 0 Å². The quantitative estimate of drug-likeness (QED) is 0.812. The van der Waals surface area contributed by atoms with E-state index in [1.165, 1.54) is 0 Å². The van der Waals surface area contributed by atoms with Crippen LogP contribution in [0.1, 0.15) is 17.2 Å². The van der Waals surface area contributed by atoms with Crippen molar-refractivity contribution in [3.05, 3.63) is 54.1 Å². The van der Waals surface area contributed by atoms with Gasteiger partial charge >= 0.3 is 5.97 Å². The molecule has 126 valence electrons. The van der Waals surface area contributed by atoms with E-state index in [1.807, 2.05) is 40.7 Å². The fourth-order valence-electron chi connectivity index (χ4n) is 2.88. The minimum atomic E-state index is -0.840. The number of fused-ring (bicyclic) bond motifs is 1. The van der Waals surface area contributed by atoms with E-state index in [0.29, 0.717) is 26.2 Å². The number of nitrogens with zero attached hydrogens (tertiary/aromatic N) is 4. The molecule has 24 heavy (non-hydrogen) atoms. The van der Waals surface area contributed by atoms with E-state index in [1.54, 1.807) is 6.08 Å². The average molecular weight is 328 g/mol. The third-order valence-corrected chi connectivity index (χ3v) is 4.09. The van der Waals surface area contributed by atoms with Crippen LogP contribution in [0.2, 0.25) is 0 Å². The molecule has 1 aliphatic rings. The average Bonchev–Trinajstić information content (AvgIpc) is 2.93. The van der Waals surface area contributed by atoms with Crippen molar-refractivity contribution in [3.63, 3.8) is 0 Å². The van der Waals surface area contributed by atoms with E-state index in [2.05, 4.69) is 16.8 Å². The van der Waals surface area contributed by atoms with Crippen LogP contribution in [-0.2, 0) is 24.4 Å². The molecule has 1 unspecified atom stereocenters. The van der Waals surface area contributed by atoms with Crippen molar-refractivity contribution >= 4 is 5.97 Å². The van der Waals surface area contributed by atoms with Gasteiger partial charge in [-0.15, -0.1) is 10.2 Å². The van der Waals surface area contributed by atoms with Crippen LogP contribution in [0.4, 0.5) is 0 Å². The number of aromatic nitrogens is 3. The van der Waals surface area contributed by atoms with Crippen LogP contribution in [0.5, 0.6) is 5.75 Å². The second kappa shape index (κ2) is 6.84. The molecule has 1 N–H and O–H groups in total. The monoisotopic (exact) mass is 328 g/mol. The highest BCUT2D eigenvalue weighted by Crippen LogP contribution is 2.22. The summed E-state index contributed by atoms with van der Waals surface area (Å²) in [5.74, 6) is 1.45. The zero-order valence-electron chi connectivity index (χ0n) is 13.6. The number of hydrogen-bond donors (Lipinski definition) is 1. The molecule has 1 aromatic heterocycles. The molecule has 1 atom stereocenters. The molecule has 0 aliphatic carbocycles. The molecule has 7 heteroatoms. The van der Waals surface area contributed by atoms with Gasteiger partial charge in [0.1, 0.15) is 30.0 Å². The Kier molecular flexibility index (Phi) is 4.61. The first-order valence-electron chi connectivity index (χ1n) is 7.76. The summed E-state index contributed by atoms with van der Waals surface area (Å²) in [4.78, 5) is 13.6. The number of aliphatic carboxylic acids is 1. The van der Waals surface area contributed by atoms with E-state index < -0.39 is 12.0 Å². The number of carboxylic acids is 1. The van der Waals surface area contributed by atoms with Crippen molar-refractivity contribution in [2.24, 2.45) is 0 Å². The van der Waals surface area contributed by atoms with Gasteiger partial charge < -0.3 is 14.4 Å². The SMILES string of the molecule is C=CCOc1cccc(CN2Cc3nnc(C)n3CC2C(=O)O)c1. The standard InChI is InChI=1S/C17H20N4O3/c1-3-7-24-14-6-4-5-13(8-14)9-20-11-16-19-18-12(2)21(16)10-15(20)17(22)23/h3-6,8,15H,1,7,9-11H2,2H3,(H,22,23). The molecule has 2 heterocycles. The Balaban J connectivity index is 1.80. The second-order valence-corrected chi connectivity index (χ2v) is 5.78. The summed E-state index contributed by atoms with van der Waals surface area (Å²) in [6.07, 6.45) is 1.69. The lowest BCUT2D eigenvalue weighted by Crippen LogP contribution is -2.47. The van der Waals surface area contributed by atoms with Gasteiger partial charge in [-0.25, -0.2) is 0 Å². The third kappa shape index (κ3) is 3.30. The number of aryl methyl sites for hydroxylation is 1. The summed E-state index contributed by atoms with van der Waals surface area (Å²) in [6, 6.07) is 7.06. The number of carbonyl (C=O) groups is 1. The van der Waals surface area contributed by atoms with Crippen molar-refractivity contribution in [1.82, 2.24) is 19.7 Å². The van der Waals surface area contributed by atoms with Gasteiger partial charge in [0.25, 0.3) is 0 Å². The Labute approximate surface area is 140 Å². The van der Waals surface area contributed by atoms with Crippen LogP contribution in [0.15, 0.2) is 36.9 Å². The molecule has 3 rings (SSSR count). The lowest BCUT2D eigenvalue weighted by molar-refractivity contribution is -0.145. The van der Waals surface area contributed by atoms with Crippen molar-refractivity contribution < 1.29 is 14.6 Å². The number of carboxylic acid groups (broad SMARTS) is 1. The maximum Gasteiger partial charge on any atom is 0.322 e. The molecule has 0 radical (unpaired) electrons. The Bertz CT molecular complexity index is 756. The highest BCUT2D eigenvalue weighted by Gasteiger charge is 2.33. The Hall–Kier alpha value is -2.67. The van der Waals surface area contributed by atoms with Crippen molar-refractivity contribution in [1.29, 1.82) is 0 Å². The normalized spacial score (nSPS) is 17.3. The van der Waals surface area contributed by atoms with Gasteiger partial charge in [-0.2, -0.15) is 0 Å². The van der Waals surface area contributed by atoms with Gasteiger partial charge in [0.05, 0.1) is 13.1 Å². The lowest BCUT2D eigenvalue weighted by atomic mass is 10.1. The summed E-state index contributed by atoms with van der Waals surface area (Å²) < 4.78 is 7.41. The van der Waals surface area contributed by atoms with E-state index in [0.717, 1.165) is 23.0 Å². The zero-order valence-corrected chi connectivity index (χ0v) is 13.6. The maximum absolute atomic E-state index is 11.7. The summed E-state index contributed by atoms with van der Waals surface area (Å²) in [5, 5.41) is 17.8. The first-order valence-corrected chi connectivity index (χ1v) is 7.76. The smallest absolute Gasteiger partial charge is 0.322 e. The van der Waals surface area contributed by atoms with Gasteiger partial charge in [-0.1, -0.05) is 24.8 Å². The van der Waals surface area contributed by atoms with Crippen LogP contribution in [0, 0.1) is 6.92 Å². The predicted octanol–water partition coefficient (Wildman–Crippen LogP) is 1.62. The number of ether oxygens (including phenoxy) is 1. The molecule has 1 aliphatic heterocycles. The molecule has 1 aromatic carbocycles. The summed E-state index contributed by atoms with van der Waals surface area (Å²) in [7, 11) is 0. The molecule has 0 saturated heterocycles. The van der Waals surface area contributed by atoms with E-state index >= 15 is 0 Å².